The van der Waals surface area contributed by atoms with Gasteiger partial charge in [-0.15, -0.1) is 0 Å². The molecule has 1 aromatic carbocycles. The number of hydrazine groups is 1. The van der Waals surface area contributed by atoms with Crippen molar-refractivity contribution in [2.45, 2.75) is 52.1 Å². The van der Waals surface area contributed by atoms with Gasteiger partial charge in [-0.25, -0.2) is 10.2 Å². The molecule has 0 radical (unpaired) electrons. The molecule has 0 atom stereocenters. The maximum Gasteiger partial charge on any atom is 0.426 e. The molecule has 1 heterocycles. The van der Waals surface area contributed by atoms with Crippen molar-refractivity contribution in [2.75, 3.05) is 0 Å². The van der Waals surface area contributed by atoms with E-state index in [1.807, 2.05) is 12.1 Å². The Balaban J connectivity index is 1.72. The Morgan fingerprint density at radius 2 is 1.88 bits per heavy atom. The molecule has 1 aliphatic carbocycles. The SMILES string of the molecule is CC(C)(C)OC(=O)NNC(=O)c1ccc2[nH]c3c(c2c1)CCCC3. The van der Waals surface area contributed by atoms with E-state index in [2.05, 4.69) is 15.8 Å². The first-order valence-electron chi connectivity index (χ1n) is 8.26. The predicted octanol–water partition coefficient (Wildman–Crippen LogP) is 3.22. The first kappa shape index (κ1) is 16.4. The summed E-state index contributed by atoms with van der Waals surface area (Å²) >= 11 is 0. The monoisotopic (exact) mass is 329 g/mol. The number of nitrogens with one attached hydrogen (secondary N) is 3. The molecule has 3 N–H and O–H groups in total. The van der Waals surface area contributed by atoms with Gasteiger partial charge in [-0.3, -0.25) is 10.2 Å². The number of benzene rings is 1. The van der Waals surface area contributed by atoms with Crippen LogP contribution >= 0.6 is 0 Å². The number of ether oxygens (including phenoxy) is 1. The van der Waals surface area contributed by atoms with E-state index in [0.717, 1.165) is 23.7 Å². The smallest absolute Gasteiger partial charge is 0.426 e. The number of fused-ring (bicyclic) bond motifs is 3. The van der Waals surface area contributed by atoms with Gasteiger partial charge in [-0.2, -0.15) is 0 Å². The highest BCUT2D eigenvalue weighted by Crippen LogP contribution is 2.29. The predicted molar refractivity (Wildman–Crippen MR) is 91.8 cm³/mol. The molecule has 24 heavy (non-hydrogen) atoms. The first-order chi connectivity index (χ1) is 11.3. The van der Waals surface area contributed by atoms with Crippen LogP contribution in [0.1, 0.15) is 55.2 Å². The molecule has 6 nitrogen and oxygen atoms in total. The van der Waals surface area contributed by atoms with Crippen LogP contribution in [0.15, 0.2) is 18.2 Å². The third-order valence-electron chi connectivity index (χ3n) is 4.04. The molecule has 0 fully saturated rings. The van der Waals surface area contributed by atoms with Gasteiger partial charge in [0.25, 0.3) is 5.91 Å². The Hall–Kier alpha value is -2.50. The lowest BCUT2D eigenvalue weighted by Gasteiger charge is -2.19. The van der Waals surface area contributed by atoms with Crippen LogP contribution in [-0.4, -0.2) is 22.6 Å². The number of amides is 2. The number of hydrogen-bond donors (Lipinski definition) is 3. The zero-order valence-corrected chi connectivity index (χ0v) is 14.3. The second kappa shape index (κ2) is 6.19. The van der Waals surface area contributed by atoms with Gasteiger partial charge in [0.15, 0.2) is 0 Å². The minimum atomic E-state index is -0.684. The summed E-state index contributed by atoms with van der Waals surface area (Å²) < 4.78 is 5.09. The Kier molecular flexibility index (Phi) is 4.22. The molecule has 0 bridgehead atoms. The summed E-state index contributed by atoms with van der Waals surface area (Å²) in [5.74, 6) is -0.367. The van der Waals surface area contributed by atoms with E-state index >= 15 is 0 Å². The van der Waals surface area contributed by atoms with E-state index in [9.17, 15) is 9.59 Å². The zero-order chi connectivity index (χ0) is 17.3. The average Bonchev–Trinajstić information content (AvgIpc) is 2.88. The van der Waals surface area contributed by atoms with E-state index in [0.29, 0.717) is 5.56 Å². The van der Waals surface area contributed by atoms with E-state index in [4.69, 9.17) is 4.74 Å². The molecule has 1 aliphatic rings. The third kappa shape index (κ3) is 3.53. The molecular weight excluding hydrogens is 306 g/mol. The van der Waals surface area contributed by atoms with Crippen molar-refractivity contribution in [1.82, 2.24) is 15.8 Å². The fourth-order valence-corrected chi connectivity index (χ4v) is 3.03. The summed E-state index contributed by atoms with van der Waals surface area (Å²) in [6.07, 6.45) is 3.79. The first-order valence-corrected chi connectivity index (χ1v) is 8.26. The number of hydrogen-bond acceptors (Lipinski definition) is 3. The fraction of sp³-hybridized carbons (Fsp3) is 0.444. The average molecular weight is 329 g/mol. The zero-order valence-electron chi connectivity index (χ0n) is 14.3. The lowest BCUT2D eigenvalue weighted by Crippen LogP contribution is -2.44. The molecule has 1 aromatic heterocycles. The van der Waals surface area contributed by atoms with Crippen LogP contribution in [0.2, 0.25) is 0 Å². The summed E-state index contributed by atoms with van der Waals surface area (Å²) in [6, 6.07) is 5.54. The van der Waals surface area contributed by atoms with Crippen molar-refractivity contribution in [3.8, 4) is 0 Å². The highest BCUT2D eigenvalue weighted by Gasteiger charge is 2.18. The quantitative estimate of drug-likeness (QED) is 0.703. The summed E-state index contributed by atoms with van der Waals surface area (Å²) in [5, 5.41) is 1.09. The molecule has 0 aliphatic heterocycles. The standard InChI is InChI=1S/C18H23N3O3/c1-18(2,3)24-17(23)21-20-16(22)11-8-9-15-13(10-11)12-6-4-5-7-14(12)19-15/h8-10,19H,4-7H2,1-3H3,(H,20,22)(H,21,23). The normalized spacial score (nSPS) is 14.1. The Labute approximate surface area is 140 Å². The minimum Gasteiger partial charge on any atom is -0.443 e. The number of aryl methyl sites for hydroxylation is 2. The van der Waals surface area contributed by atoms with Crippen LogP contribution in [0.3, 0.4) is 0 Å². The van der Waals surface area contributed by atoms with E-state index in [-0.39, 0.29) is 5.91 Å². The van der Waals surface area contributed by atoms with Gasteiger partial charge < -0.3 is 9.72 Å². The number of carbonyl (C=O) groups is 2. The lowest BCUT2D eigenvalue weighted by molar-refractivity contribution is 0.0483. The van der Waals surface area contributed by atoms with Crippen LogP contribution < -0.4 is 10.9 Å². The van der Waals surface area contributed by atoms with Crippen LogP contribution in [-0.2, 0) is 17.6 Å². The van der Waals surface area contributed by atoms with Crippen LogP contribution in [0.5, 0.6) is 0 Å². The van der Waals surface area contributed by atoms with Crippen LogP contribution in [0, 0.1) is 0 Å². The maximum atomic E-state index is 12.3. The number of rotatable bonds is 1. The number of aromatic amines is 1. The minimum absolute atomic E-state index is 0.367. The van der Waals surface area contributed by atoms with Crippen LogP contribution in [0.4, 0.5) is 4.79 Å². The van der Waals surface area contributed by atoms with Gasteiger partial charge in [0.1, 0.15) is 5.60 Å². The van der Waals surface area contributed by atoms with Gasteiger partial charge in [-0.1, -0.05) is 0 Å². The van der Waals surface area contributed by atoms with Gasteiger partial charge in [0.2, 0.25) is 0 Å². The van der Waals surface area contributed by atoms with Gasteiger partial charge in [-0.05, 0) is 70.2 Å². The fourth-order valence-electron chi connectivity index (χ4n) is 3.03. The molecule has 2 amide bonds. The van der Waals surface area contributed by atoms with Crippen molar-refractivity contribution in [3.63, 3.8) is 0 Å². The van der Waals surface area contributed by atoms with Gasteiger partial charge in [0, 0.05) is 22.2 Å². The van der Waals surface area contributed by atoms with Crippen molar-refractivity contribution < 1.29 is 14.3 Å². The highest BCUT2D eigenvalue weighted by atomic mass is 16.6. The molecule has 2 aromatic rings. The Morgan fingerprint density at radius 3 is 2.62 bits per heavy atom. The van der Waals surface area contributed by atoms with Crippen LogP contribution in [0.25, 0.3) is 10.9 Å². The molecule has 0 spiro atoms. The Bertz CT molecular complexity index is 787. The lowest BCUT2D eigenvalue weighted by atomic mass is 9.95. The number of aromatic nitrogens is 1. The third-order valence-corrected chi connectivity index (χ3v) is 4.04. The van der Waals surface area contributed by atoms with Crippen molar-refractivity contribution >= 4 is 22.9 Å². The molecule has 3 rings (SSSR count). The second-order valence-electron chi connectivity index (χ2n) is 7.13. The van der Waals surface area contributed by atoms with Crippen molar-refractivity contribution in [1.29, 1.82) is 0 Å². The number of carbonyl (C=O) groups excluding carboxylic acids is 2. The van der Waals surface area contributed by atoms with Crippen molar-refractivity contribution in [3.05, 3.63) is 35.0 Å². The summed E-state index contributed by atoms with van der Waals surface area (Å²) in [4.78, 5) is 27.3. The summed E-state index contributed by atoms with van der Waals surface area (Å²) in [5.41, 5.74) is 8.19. The highest BCUT2D eigenvalue weighted by molar-refractivity contribution is 5.99. The summed E-state index contributed by atoms with van der Waals surface area (Å²) in [6.45, 7) is 5.28. The summed E-state index contributed by atoms with van der Waals surface area (Å²) in [7, 11) is 0. The van der Waals surface area contributed by atoms with E-state index in [1.54, 1.807) is 26.8 Å². The van der Waals surface area contributed by atoms with E-state index < -0.39 is 11.7 Å². The largest absolute Gasteiger partial charge is 0.443 e. The second-order valence-corrected chi connectivity index (χ2v) is 7.13. The molecule has 6 heteroatoms. The van der Waals surface area contributed by atoms with Gasteiger partial charge >= 0.3 is 6.09 Å². The molecule has 0 unspecified atom stereocenters. The Morgan fingerprint density at radius 1 is 1.12 bits per heavy atom. The van der Waals surface area contributed by atoms with Gasteiger partial charge in [0.05, 0.1) is 0 Å². The maximum absolute atomic E-state index is 12.3. The number of H-pyrrole nitrogens is 1. The molecule has 0 saturated carbocycles. The van der Waals surface area contributed by atoms with Crippen molar-refractivity contribution in [2.24, 2.45) is 0 Å². The molecule has 0 saturated heterocycles. The molecular formula is C18H23N3O3. The molecule has 128 valence electrons. The van der Waals surface area contributed by atoms with E-state index in [1.165, 1.54) is 24.1 Å². The topological polar surface area (TPSA) is 83.2 Å².